The number of aryl methyl sites for hydroxylation is 2. The van der Waals surface area contributed by atoms with Crippen molar-refractivity contribution in [3.05, 3.63) is 100 Å². The third-order valence-electron chi connectivity index (χ3n) is 7.53. The quantitative estimate of drug-likeness (QED) is 0.258. The van der Waals surface area contributed by atoms with Crippen molar-refractivity contribution in [1.82, 2.24) is 10.1 Å². The molecule has 4 aromatic rings. The number of carbonyl (C=O) groups is 1. The van der Waals surface area contributed by atoms with Gasteiger partial charge in [0.1, 0.15) is 17.8 Å². The molecule has 0 saturated carbocycles. The van der Waals surface area contributed by atoms with E-state index in [-0.39, 0.29) is 18.1 Å². The van der Waals surface area contributed by atoms with E-state index in [0.29, 0.717) is 55.4 Å². The molecule has 0 radical (unpaired) electrons. The van der Waals surface area contributed by atoms with Crippen molar-refractivity contribution in [2.24, 2.45) is 0 Å². The number of hydrogen-bond donors (Lipinski definition) is 1. The van der Waals surface area contributed by atoms with Crippen LogP contribution in [0.15, 0.2) is 65.4 Å². The summed E-state index contributed by atoms with van der Waals surface area (Å²) in [5.74, 6) is 1.51. The number of halogens is 1. The van der Waals surface area contributed by atoms with Crippen LogP contribution in [0.3, 0.4) is 0 Å². The van der Waals surface area contributed by atoms with Crippen LogP contribution in [0.4, 0.5) is 10.1 Å². The lowest BCUT2D eigenvalue weighted by Gasteiger charge is -2.39. The van der Waals surface area contributed by atoms with Gasteiger partial charge in [-0.2, -0.15) is 0 Å². The number of aromatic nitrogens is 1. The highest BCUT2D eigenvalue weighted by molar-refractivity contribution is 5.78. The van der Waals surface area contributed by atoms with Crippen LogP contribution in [0.25, 0.3) is 0 Å². The molecule has 0 saturated heterocycles. The third-order valence-corrected chi connectivity index (χ3v) is 7.53. The predicted octanol–water partition coefficient (Wildman–Crippen LogP) is 5.45. The van der Waals surface area contributed by atoms with Gasteiger partial charge in [0.15, 0.2) is 11.5 Å². The van der Waals surface area contributed by atoms with Gasteiger partial charge in [-0.1, -0.05) is 17.3 Å². The first-order chi connectivity index (χ1) is 19.9. The summed E-state index contributed by atoms with van der Waals surface area (Å²) in [4.78, 5) is 15.5. The maximum atomic E-state index is 14.1. The molecule has 9 heteroatoms. The summed E-state index contributed by atoms with van der Waals surface area (Å²) in [5, 5.41) is 3.93. The number of nitrogen functional groups attached to an aromatic ring is 1. The van der Waals surface area contributed by atoms with E-state index in [1.807, 2.05) is 42.2 Å². The first-order valence-corrected chi connectivity index (χ1v) is 13.6. The molecule has 0 fully saturated rings. The van der Waals surface area contributed by atoms with Gasteiger partial charge in [0, 0.05) is 31.9 Å². The Kier molecular flexibility index (Phi) is 8.42. The summed E-state index contributed by atoms with van der Waals surface area (Å²) < 4.78 is 36.2. The fraction of sp³-hybridized carbons (Fsp3) is 0.312. The molecule has 0 spiro atoms. The Labute approximate surface area is 238 Å². The summed E-state index contributed by atoms with van der Waals surface area (Å²) in [7, 11) is 3.20. The minimum atomic E-state index is -0.404. The Morgan fingerprint density at radius 1 is 1.02 bits per heavy atom. The van der Waals surface area contributed by atoms with Crippen molar-refractivity contribution in [2.45, 2.75) is 38.6 Å². The standard InChI is InChI=1S/C32H34FN3O5/c1-20-16-23(33)5-7-25(20)32-26-19-30(40-14-11-21-4-8-28(38-2)27(34)17-21)29(39-3)18-22(26)10-13-36(32)31(37)9-6-24-12-15-41-35-24/h4-5,7-8,12,15-19,32H,6,9-11,13-14,34H2,1-3H3. The highest BCUT2D eigenvalue weighted by Gasteiger charge is 2.34. The Hall–Kier alpha value is -4.53. The van der Waals surface area contributed by atoms with E-state index in [2.05, 4.69) is 5.16 Å². The van der Waals surface area contributed by atoms with Gasteiger partial charge >= 0.3 is 0 Å². The fourth-order valence-electron chi connectivity index (χ4n) is 5.41. The maximum Gasteiger partial charge on any atom is 0.223 e. The molecule has 41 heavy (non-hydrogen) atoms. The van der Waals surface area contributed by atoms with Crippen LogP contribution in [0.5, 0.6) is 17.2 Å². The number of anilines is 1. The zero-order chi connectivity index (χ0) is 28.9. The van der Waals surface area contributed by atoms with Crippen LogP contribution in [-0.2, 0) is 24.1 Å². The number of ether oxygens (including phenoxy) is 3. The van der Waals surface area contributed by atoms with Gasteiger partial charge in [0.2, 0.25) is 5.91 Å². The van der Waals surface area contributed by atoms with E-state index >= 15 is 0 Å². The predicted molar refractivity (Wildman–Crippen MR) is 153 cm³/mol. The van der Waals surface area contributed by atoms with Crippen LogP contribution in [-0.4, -0.2) is 43.3 Å². The Morgan fingerprint density at radius 2 is 1.85 bits per heavy atom. The SMILES string of the molecule is COc1ccc(CCOc2cc3c(cc2OC)CCN(C(=O)CCc2ccon2)C3c2ccc(F)cc2C)cc1N. The Balaban J connectivity index is 1.44. The van der Waals surface area contributed by atoms with Crippen LogP contribution in [0.2, 0.25) is 0 Å². The molecule has 0 aliphatic carbocycles. The van der Waals surface area contributed by atoms with Gasteiger partial charge in [0.25, 0.3) is 0 Å². The minimum Gasteiger partial charge on any atom is -0.495 e. The van der Waals surface area contributed by atoms with Crippen molar-refractivity contribution in [3.63, 3.8) is 0 Å². The lowest BCUT2D eigenvalue weighted by molar-refractivity contribution is -0.133. The third kappa shape index (κ3) is 6.14. The number of carbonyl (C=O) groups excluding carboxylic acids is 1. The molecular formula is C32H34FN3O5. The van der Waals surface area contributed by atoms with E-state index in [0.717, 1.165) is 33.5 Å². The van der Waals surface area contributed by atoms with Gasteiger partial charge in [-0.3, -0.25) is 4.79 Å². The van der Waals surface area contributed by atoms with Crippen LogP contribution >= 0.6 is 0 Å². The zero-order valence-electron chi connectivity index (χ0n) is 23.5. The van der Waals surface area contributed by atoms with Crippen molar-refractivity contribution in [1.29, 1.82) is 0 Å². The lowest BCUT2D eigenvalue weighted by Crippen LogP contribution is -2.41. The summed E-state index contributed by atoms with van der Waals surface area (Å²) in [6.07, 6.45) is 3.54. The molecule has 1 aromatic heterocycles. The highest BCUT2D eigenvalue weighted by atomic mass is 19.1. The average Bonchev–Trinajstić information content (AvgIpc) is 3.49. The maximum absolute atomic E-state index is 14.1. The van der Waals surface area contributed by atoms with E-state index < -0.39 is 6.04 Å². The van der Waals surface area contributed by atoms with Gasteiger partial charge in [0.05, 0.1) is 38.2 Å². The van der Waals surface area contributed by atoms with Crippen molar-refractivity contribution in [2.75, 3.05) is 33.1 Å². The molecule has 1 atom stereocenters. The number of nitrogens with two attached hydrogens (primary N) is 1. The number of rotatable bonds is 10. The second-order valence-electron chi connectivity index (χ2n) is 10.1. The van der Waals surface area contributed by atoms with Crippen molar-refractivity contribution in [3.8, 4) is 17.2 Å². The van der Waals surface area contributed by atoms with Crippen molar-refractivity contribution >= 4 is 11.6 Å². The molecule has 0 bridgehead atoms. The fourth-order valence-corrected chi connectivity index (χ4v) is 5.41. The van der Waals surface area contributed by atoms with Crippen LogP contribution in [0.1, 0.15) is 46.0 Å². The summed E-state index contributed by atoms with van der Waals surface area (Å²) in [6.45, 7) is 2.78. The Bertz CT molecular complexity index is 1520. The van der Waals surface area contributed by atoms with Crippen LogP contribution < -0.4 is 19.9 Å². The normalized spacial score (nSPS) is 14.4. The number of methoxy groups -OCH3 is 2. The monoisotopic (exact) mass is 559 g/mol. The summed E-state index contributed by atoms with van der Waals surface area (Å²) in [5.41, 5.74) is 12.0. The molecule has 3 aromatic carbocycles. The molecule has 1 aliphatic rings. The second kappa shape index (κ2) is 12.3. The van der Waals surface area contributed by atoms with E-state index in [9.17, 15) is 9.18 Å². The van der Waals surface area contributed by atoms with Crippen LogP contribution in [0, 0.1) is 12.7 Å². The zero-order valence-corrected chi connectivity index (χ0v) is 23.5. The van der Waals surface area contributed by atoms with Crippen molar-refractivity contribution < 1.29 is 27.9 Å². The molecule has 2 heterocycles. The molecule has 1 aliphatic heterocycles. The average molecular weight is 560 g/mol. The van der Waals surface area contributed by atoms with Gasteiger partial charge < -0.3 is 29.4 Å². The lowest BCUT2D eigenvalue weighted by atomic mass is 9.85. The first-order valence-electron chi connectivity index (χ1n) is 13.6. The second-order valence-corrected chi connectivity index (χ2v) is 10.1. The molecule has 214 valence electrons. The first kappa shape index (κ1) is 28.0. The van der Waals surface area contributed by atoms with Gasteiger partial charge in [-0.25, -0.2) is 4.39 Å². The summed E-state index contributed by atoms with van der Waals surface area (Å²) >= 11 is 0. The smallest absolute Gasteiger partial charge is 0.223 e. The number of hydrogen-bond acceptors (Lipinski definition) is 7. The van der Waals surface area contributed by atoms with E-state index in [1.54, 1.807) is 26.4 Å². The Morgan fingerprint density at radius 3 is 2.56 bits per heavy atom. The molecule has 1 unspecified atom stereocenters. The molecule has 8 nitrogen and oxygen atoms in total. The number of nitrogens with zero attached hydrogens (tertiary/aromatic N) is 2. The van der Waals surface area contributed by atoms with E-state index in [4.69, 9.17) is 24.5 Å². The molecular weight excluding hydrogens is 525 g/mol. The largest absolute Gasteiger partial charge is 0.495 e. The van der Waals surface area contributed by atoms with Gasteiger partial charge in [-0.05, 0) is 77.6 Å². The van der Waals surface area contributed by atoms with Gasteiger partial charge in [-0.15, -0.1) is 0 Å². The summed E-state index contributed by atoms with van der Waals surface area (Å²) in [6, 6.07) is 15.7. The highest BCUT2D eigenvalue weighted by Crippen LogP contribution is 2.42. The minimum absolute atomic E-state index is 0.0113. The molecule has 1 amide bonds. The number of amides is 1. The topological polar surface area (TPSA) is 100 Å². The number of fused-ring (bicyclic) bond motifs is 1. The van der Waals surface area contributed by atoms with E-state index in [1.165, 1.54) is 18.4 Å². The molecule has 5 rings (SSSR count). The number of benzene rings is 3. The molecule has 2 N–H and O–H groups in total.